The molecule has 4 rings (SSSR count). The van der Waals surface area contributed by atoms with Gasteiger partial charge in [-0.2, -0.15) is 0 Å². The molecule has 1 aliphatic heterocycles. The first-order valence-corrected chi connectivity index (χ1v) is 10.3. The molecule has 0 atom stereocenters. The number of amides is 1. The molecule has 0 radical (unpaired) electrons. The number of hydrogen-bond donors (Lipinski definition) is 0. The van der Waals surface area contributed by atoms with Gasteiger partial charge in [-0.25, -0.2) is 0 Å². The SMILES string of the molecule is Cn1ccc2cc(CCC(=O)N3CCN(C4CCCCC4)CC3)ccc21. The average molecular weight is 354 g/mol. The lowest BCUT2D eigenvalue weighted by molar-refractivity contribution is -0.133. The van der Waals surface area contributed by atoms with Crippen molar-refractivity contribution < 1.29 is 4.79 Å². The second-order valence-electron chi connectivity index (χ2n) is 8.03. The van der Waals surface area contributed by atoms with Crippen LogP contribution in [-0.2, 0) is 18.3 Å². The number of fused-ring (bicyclic) bond motifs is 1. The Labute approximate surface area is 156 Å². The van der Waals surface area contributed by atoms with Gasteiger partial charge in [0.2, 0.25) is 5.91 Å². The summed E-state index contributed by atoms with van der Waals surface area (Å²) in [5.41, 5.74) is 2.51. The Morgan fingerprint density at radius 2 is 1.81 bits per heavy atom. The highest BCUT2D eigenvalue weighted by atomic mass is 16.2. The van der Waals surface area contributed by atoms with Crippen LogP contribution in [-0.4, -0.2) is 52.5 Å². The Kier molecular flexibility index (Phi) is 5.30. The molecule has 2 aromatic rings. The summed E-state index contributed by atoms with van der Waals surface area (Å²) in [5, 5.41) is 1.26. The molecule has 26 heavy (non-hydrogen) atoms. The molecule has 2 heterocycles. The number of carbonyl (C=O) groups excluding carboxylic acids is 1. The van der Waals surface area contributed by atoms with Crippen LogP contribution in [0.3, 0.4) is 0 Å². The van der Waals surface area contributed by atoms with Crippen LogP contribution in [0, 0.1) is 0 Å². The predicted octanol–water partition coefficient (Wildman–Crippen LogP) is 3.59. The van der Waals surface area contributed by atoms with Crippen LogP contribution in [0.4, 0.5) is 0 Å². The van der Waals surface area contributed by atoms with E-state index in [1.165, 1.54) is 48.6 Å². The third-order valence-corrected chi connectivity index (χ3v) is 6.34. The normalized spacial score (nSPS) is 20.0. The van der Waals surface area contributed by atoms with Crippen LogP contribution < -0.4 is 0 Å². The summed E-state index contributed by atoms with van der Waals surface area (Å²) in [6.45, 7) is 3.94. The van der Waals surface area contributed by atoms with Gasteiger partial charge in [0.1, 0.15) is 0 Å². The zero-order valence-electron chi connectivity index (χ0n) is 16.0. The summed E-state index contributed by atoms with van der Waals surface area (Å²) in [7, 11) is 2.07. The Balaban J connectivity index is 1.27. The second-order valence-corrected chi connectivity index (χ2v) is 8.03. The van der Waals surface area contributed by atoms with E-state index in [1.54, 1.807) is 0 Å². The highest BCUT2D eigenvalue weighted by Gasteiger charge is 2.26. The molecule has 2 aliphatic rings. The van der Waals surface area contributed by atoms with E-state index in [0.29, 0.717) is 12.3 Å². The van der Waals surface area contributed by atoms with Crippen molar-refractivity contribution in [3.8, 4) is 0 Å². The predicted molar refractivity (Wildman–Crippen MR) is 106 cm³/mol. The largest absolute Gasteiger partial charge is 0.351 e. The molecule has 140 valence electrons. The van der Waals surface area contributed by atoms with E-state index in [0.717, 1.165) is 38.6 Å². The van der Waals surface area contributed by atoms with Crippen LogP contribution >= 0.6 is 0 Å². The van der Waals surface area contributed by atoms with Crippen LogP contribution in [0.5, 0.6) is 0 Å². The van der Waals surface area contributed by atoms with Gasteiger partial charge >= 0.3 is 0 Å². The van der Waals surface area contributed by atoms with Crippen molar-refractivity contribution >= 4 is 16.8 Å². The van der Waals surface area contributed by atoms with Gasteiger partial charge in [0.05, 0.1) is 0 Å². The van der Waals surface area contributed by atoms with Crippen molar-refractivity contribution in [1.82, 2.24) is 14.4 Å². The van der Waals surface area contributed by atoms with E-state index in [2.05, 4.69) is 51.9 Å². The zero-order valence-corrected chi connectivity index (χ0v) is 16.0. The van der Waals surface area contributed by atoms with Crippen LogP contribution in [0.2, 0.25) is 0 Å². The van der Waals surface area contributed by atoms with Crippen LogP contribution in [0.25, 0.3) is 10.9 Å². The third kappa shape index (κ3) is 3.80. The van der Waals surface area contributed by atoms with Gasteiger partial charge in [-0.05, 0) is 48.4 Å². The minimum Gasteiger partial charge on any atom is -0.351 e. The molecule has 0 spiro atoms. The summed E-state index contributed by atoms with van der Waals surface area (Å²) in [4.78, 5) is 17.3. The summed E-state index contributed by atoms with van der Waals surface area (Å²) in [6.07, 6.45) is 10.4. The van der Waals surface area contributed by atoms with E-state index in [1.807, 2.05) is 0 Å². The lowest BCUT2D eigenvalue weighted by Gasteiger charge is -2.40. The highest BCUT2D eigenvalue weighted by molar-refractivity contribution is 5.81. The maximum absolute atomic E-state index is 12.6. The van der Waals surface area contributed by atoms with Gasteiger partial charge in [0.25, 0.3) is 0 Å². The molecular formula is C22H31N3O. The maximum Gasteiger partial charge on any atom is 0.222 e. The number of rotatable bonds is 4. The molecule has 0 N–H and O–H groups in total. The minimum atomic E-state index is 0.321. The van der Waals surface area contributed by atoms with Crippen LogP contribution in [0.1, 0.15) is 44.1 Å². The topological polar surface area (TPSA) is 28.5 Å². The monoisotopic (exact) mass is 353 g/mol. The summed E-state index contributed by atoms with van der Waals surface area (Å²) in [5.74, 6) is 0.321. The Hall–Kier alpha value is -1.81. The average Bonchev–Trinajstić information content (AvgIpc) is 3.07. The second kappa shape index (κ2) is 7.83. The number of benzene rings is 1. The maximum atomic E-state index is 12.6. The van der Waals surface area contributed by atoms with Crippen molar-refractivity contribution in [2.75, 3.05) is 26.2 Å². The summed E-state index contributed by atoms with van der Waals surface area (Å²) in [6, 6.07) is 9.47. The fraction of sp³-hybridized carbons (Fsp3) is 0.591. The van der Waals surface area contributed by atoms with Crippen molar-refractivity contribution in [2.24, 2.45) is 7.05 Å². The minimum absolute atomic E-state index is 0.321. The van der Waals surface area contributed by atoms with E-state index in [4.69, 9.17) is 0 Å². The van der Waals surface area contributed by atoms with E-state index in [9.17, 15) is 4.79 Å². The number of piperazine rings is 1. The first-order chi connectivity index (χ1) is 12.7. The van der Waals surface area contributed by atoms with E-state index in [-0.39, 0.29) is 0 Å². The Morgan fingerprint density at radius 1 is 1.04 bits per heavy atom. The summed E-state index contributed by atoms with van der Waals surface area (Å²) >= 11 is 0. The molecule has 1 aromatic heterocycles. The molecule has 1 saturated heterocycles. The molecule has 1 aliphatic carbocycles. The Morgan fingerprint density at radius 3 is 2.58 bits per heavy atom. The molecule has 2 fully saturated rings. The van der Waals surface area contributed by atoms with Gasteiger partial charge in [-0.15, -0.1) is 0 Å². The fourth-order valence-electron chi connectivity index (χ4n) is 4.68. The van der Waals surface area contributed by atoms with Gasteiger partial charge < -0.3 is 9.47 Å². The lowest BCUT2D eigenvalue weighted by Crippen LogP contribution is -2.52. The summed E-state index contributed by atoms with van der Waals surface area (Å²) < 4.78 is 2.13. The van der Waals surface area contributed by atoms with Crippen molar-refractivity contribution in [3.63, 3.8) is 0 Å². The molecule has 4 nitrogen and oxygen atoms in total. The first kappa shape index (κ1) is 17.6. The smallest absolute Gasteiger partial charge is 0.222 e. The van der Waals surface area contributed by atoms with Crippen molar-refractivity contribution in [2.45, 2.75) is 51.0 Å². The molecular weight excluding hydrogens is 322 g/mol. The molecule has 0 bridgehead atoms. The molecule has 4 heteroatoms. The number of aromatic nitrogens is 1. The first-order valence-electron chi connectivity index (χ1n) is 10.3. The Bertz CT molecular complexity index is 752. The van der Waals surface area contributed by atoms with Crippen LogP contribution in [0.15, 0.2) is 30.5 Å². The van der Waals surface area contributed by atoms with Gasteiger partial charge in [-0.1, -0.05) is 25.3 Å². The highest BCUT2D eigenvalue weighted by Crippen LogP contribution is 2.24. The van der Waals surface area contributed by atoms with Gasteiger partial charge in [0.15, 0.2) is 0 Å². The quantitative estimate of drug-likeness (QED) is 0.840. The fourth-order valence-corrected chi connectivity index (χ4v) is 4.68. The standard InChI is InChI=1S/C22H31N3O/c1-23-12-11-19-17-18(7-9-21(19)23)8-10-22(26)25-15-13-24(14-16-25)20-5-3-2-4-6-20/h7,9,11-12,17,20H,2-6,8,10,13-16H2,1H3. The van der Waals surface area contributed by atoms with E-state index >= 15 is 0 Å². The van der Waals surface area contributed by atoms with Gasteiger partial charge in [-0.3, -0.25) is 9.69 Å². The van der Waals surface area contributed by atoms with E-state index < -0.39 is 0 Å². The zero-order chi connectivity index (χ0) is 17.9. The number of aryl methyl sites for hydroxylation is 2. The lowest BCUT2D eigenvalue weighted by atomic mass is 9.94. The molecule has 0 unspecified atom stereocenters. The molecule has 1 saturated carbocycles. The number of nitrogens with zero attached hydrogens (tertiary/aromatic N) is 3. The number of hydrogen-bond acceptors (Lipinski definition) is 2. The third-order valence-electron chi connectivity index (χ3n) is 6.34. The molecule has 1 aromatic carbocycles. The number of carbonyl (C=O) groups is 1. The van der Waals surface area contributed by atoms with Gasteiger partial charge in [0, 0.05) is 57.4 Å². The van der Waals surface area contributed by atoms with Crippen molar-refractivity contribution in [1.29, 1.82) is 0 Å². The molecule has 1 amide bonds. The van der Waals surface area contributed by atoms with Crippen molar-refractivity contribution in [3.05, 3.63) is 36.0 Å².